The van der Waals surface area contributed by atoms with Gasteiger partial charge in [0.25, 0.3) is 0 Å². The molecule has 0 aliphatic carbocycles. The highest BCUT2D eigenvalue weighted by Gasteiger charge is 2.25. The van der Waals surface area contributed by atoms with Crippen molar-refractivity contribution in [3.05, 3.63) is 18.7 Å². The van der Waals surface area contributed by atoms with Crippen LogP contribution < -0.4 is 11.1 Å². The molecule has 3 N–H and O–H groups in total. The van der Waals surface area contributed by atoms with E-state index in [-0.39, 0.29) is 5.54 Å². The minimum Gasteiger partial charge on any atom is -0.360 e. The number of hydrogen-bond donors (Lipinski definition) is 2. The van der Waals surface area contributed by atoms with Crippen molar-refractivity contribution in [1.82, 2.24) is 19.6 Å². The fraction of sp³-hybridized carbons (Fsp3) is 0.583. The van der Waals surface area contributed by atoms with Crippen molar-refractivity contribution >= 4 is 11.5 Å². The number of anilines is 1. The molecular formula is C12H20N6. The highest BCUT2D eigenvalue weighted by atomic mass is 15.3. The van der Waals surface area contributed by atoms with E-state index >= 15 is 0 Å². The Balaban J connectivity index is 2.29. The van der Waals surface area contributed by atoms with Crippen LogP contribution in [-0.4, -0.2) is 31.7 Å². The van der Waals surface area contributed by atoms with Crippen molar-refractivity contribution in [2.75, 3.05) is 11.9 Å². The fourth-order valence-electron chi connectivity index (χ4n) is 2.22. The maximum atomic E-state index is 5.89. The number of aromatic nitrogens is 4. The van der Waals surface area contributed by atoms with Gasteiger partial charge in [0, 0.05) is 24.5 Å². The van der Waals surface area contributed by atoms with Gasteiger partial charge in [-0.25, -0.2) is 4.98 Å². The van der Waals surface area contributed by atoms with Gasteiger partial charge in [0.15, 0.2) is 5.82 Å². The second-order valence-electron chi connectivity index (χ2n) is 5.33. The van der Waals surface area contributed by atoms with Crippen molar-refractivity contribution in [3.63, 3.8) is 0 Å². The lowest BCUT2D eigenvalue weighted by atomic mass is 9.91. The minimum atomic E-state index is -0.186. The van der Waals surface area contributed by atoms with E-state index in [1.807, 2.05) is 10.6 Å². The SMILES string of the molecule is CC(C)CC(C)(CN)Nc1nccn2cnnc12. The van der Waals surface area contributed by atoms with Crippen LogP contribution in [0.1, 0.15) is 27.2 Å². The normalized spacial score (nSPS) is 14.9. The number of hydrogen-bond acceptors (Lipinski definition) is 5. The van der Waals surface area contributed by atoms with Gasteiger partial charge in [0.2, 0.25) is 5.65 Å². The van der Waals surface area contributed by atoms with Gasteiger partial charge < -0.3 is 11.1 Å². The van der Waals surface area contributed by atoms with E-state index in [9.17, 15) is 0 Å². The van der Waals surface area contributed by atoms with Crippen molar-refractivity contribution in [2.45, 2.75) is 32.7 Å². The molecule has 6 nitrogen and oxygen atoms in total. The Hall–Kier alpha value is -1.69. The number of nitrogens with zero attached hydrogens (tertiary/aromatic N) is 4. The summed E-state index contributed by atoms with van der Waals surface area (Å²) in [5, 5.41) is 11.3. The third-order valence-electron chi connectivity index (χ3n) is 2.95. The van der Waals surface area contributed by atoms with Crippen LogP contribution >= 0.6 is 0 Å². The lowest BCUT2D eigenvalue weighted by Gasteiger charge is -2.31. The zero-order chi connectivity index (χ0) is 13.2. The largest absolute Gasteiger partial charge is 0.360 e. The topological polar surface area (TPSA) is 81.1 Å². The standard InChI is InChI=1S/C12H20N6/c1-9(2)6-12(3,7-13)16-10-11-17-15-8-18(11)5-4-14-10/h4-5,8-9H,6-7,13H2,1-3H3,(H,14,16). The van der Waals surface area contributed by atoms with Crippen LogP contribution in [0.2, 0.25) is 0 Å². The molecule has 2 rings (SSSR count). The first-order chi connectivity index (χ1) is 8.54. The van der Waals surface area contributed by atoms with Gasteiger partial charge in [-0.05, 0) is 19.3 Å². The van der Waals surface area contributed by atoms with Crippen LogP contribution in [0.3, 0.4) is 0 Å². The molecule has 2 heterocycles. The highest BCUT2D eigenvalue weighted by molar-refractivity contribution is 5.62. The summed E-state index contributed by atoms with van der Waals surface area (Å²) >= 11 is 0. The first kappa shape index (κ1) is 12.8. The van der Waals surface area contributed by atoms with E-state index in [1.54, 1.807) is 12.5 Å². The van der Waals surface area contributed by atoms with E-state index in [1.165, 1.54) is 0 Å². The molecule has 2 aromatic rings. The summed E-state index contributed by atoms with van der Waals surface area (Å²) in [5.41, 5.74) is 6.43. The maximum absolute atomic E-state index is 5.89. The first-order valence-electron chi connectivity index (χ1n) is 6.17. The summed E-state index contributed by atoms with van der Waals surface area (Å²) in [7, 11) is 0. The van der Waals surface area contributed by atoms with Crippen LogP contribution in [0, 0.1) is 5.92 Å². The Labute approximate surface area is 107 Å². The lowest BCUT2D eigenvalue weighted by Crippen LogP contribution is -2.44. The molecule has 0 amide bonds. The Kier molecular flexibility index (Phi) is 3.47. The second kappa shape index (κ2) is 4.89. The monoisotopic (exact) mass is 248 g/mol. The summed E-state index contributed by atoms with van der Waals surface area (Å²) in [6.07, 6.45) is 6.18. The summed E-state index contributed by atoms with van der Waals surface area (Å²) < 4.78 is 1.83. The molecule has 0 saturated heterocycles. The Morgan fingerprint density at radius 1 is 1.50 bits per heavy atom. The molecule has 0 bridgehead atoms. The third kappa shape index (κ3) is 2.59. The van der Waals surface area contributed by atoms with E-state index < -0.39 is 0 Å². The average molecular weight is 248 g/mol. The smallest absolute Gasteiger partial charge is 0.203 e. The summed E-state index contributed by atoms with van der Waals surface area (Å²) in [6.45, 7) is 7.01. The first-order valence-corrected chi connectivity index (χ1v) is 6.17. The molecule has 1 unspecified atom stereocenters. The van der Waals surface area contributed by atoms with E-state index in [0.29, 0.717) is 12.5 Å². The molecule has 2 aromatic heterocycles. The van der Waals surface area contributed by atoms with Gasteiger partial charge in [-0.3, -0.25) is 4.40 Å². The van der Waals surface area contributed by atoms with Gasteiger partial charge in [-0.2, -0.15) is 0 Å². The Morgan fingerprint density at radius 3 is 2.94 bits per heavy atom. The molecule has 1 atom stereocenters. The van der Waals surface area contributed by atoms with Crippen molar-refractivity contribution in [1.29, 1.82) is 0 Å². The molecule has 0 saturated carbocycles. The second-order valence-corrected chi connectivity index (χ2v) is 5.33. The van der Waals surface area contributed by atoms with Crippen molar-refractivity contribution in [3.8, 4) is 0 Å². The predicted octanol–water partition coefficient (Wildman–Crippen LogP) is 1.30. The lowest BCUT2D eigenvalue weighted by molar-refractivity contribution is 0.406. The molecule has 0 spiro atoms. The predicted molar refractivity (Wildman–Crippen MR) is 71.3 cm³/mol. The fourth-order valence-corrected chi connectivity index (χ4v) is 2.22. The van der Waals surface area contributed by atoms with Crippen LogP contribution in [-0.2, 0) is 0 Å². The van der Waals surface area contributed by atoms with Crippen LogP contribution in [0.25, 0.3) is 5.65 Å². The molecule has 98 valence electrons. The summed E-state index contributed by atoms with van der Waals surface area (Å²) in [5.74, 6) is 1.28. The van der Waals surface area contributed by atoms with Gasteiger partial charge >= 0.3 is 0 Å². The zero-order valence-electron chi connectivity index (χ0n) is 11.1. The van der Waals surface area contributed by atoms with Crippen molar-refractivity contribution in [2.24, 2.45) is 11.7 Å². The van der Waals surface area contributed by atoms with Gasteiger partial charge in [-0.1, -0.05) is 13.8 Å². The quantitative estimate of drug-likeness (QED) is 0.833. The number of rotatable bonds is 5. The number of fused-ring (bicyclic) bond motifs is 1. The minimum absolute atomic E-state index is 0.186. The number of nitrogens with two attached hydrogens (primary N) is 1. The van der Waals surface area contributed by atoms with Gasteiger partial charge in [-0.15, -0.1) is 10.2 Å². The van der Waals surface area contributed by atoms with Crippen LogP contribution in [0.15, 0.2) is 18.7 Å². The highest BCUT2D eigenvalue weighted by Crippen LogP contribution is 2.22. The average Bonchev–Trinajstić information content (AvgIpc) is 2.77. The van der Waals surface area contributed by atoms with E-state index in [0.717, 1.165) is 17.9 Å². The molecular weight excluding hydrogens is 228 g/mol. The maximum Gasteiger partial charge on any atom is 0.203 e. The molecule has 0 fully saturated rings. The van der Waals surface area contributed by atoms with Crippen molar-refractivity contribution < 1.29 is 0 Å². The Bertz CT molecular complexity index is 520. The molecule has 6 heteroatoms. The number of nitrogens with one attached hydrogen (secondary N) is 1. The summed E-state index contributed by atoms with van der Waals surface area (Å²) in [4.78, 5) is 4.33. The molecule has 18 heavy (non-hydrogen) atoms. The van der Waals surface area contributed by atoms with Crippen LogP contribution in [0.4, 0.5) is 5.82 Å². The molecule has 0 aliphatic rings. The molecule has 0 radical (unpaired) electrons. The Morgan fingerprint density at radius 2 is 2.28 bits per heavy atom. The van der Waals surface area contributed by atoms with E-state index in [4.69, 9.17) is 5.73 Å². The molecule has 0 aliphatic heterocycles. The van der Waals surface area contributed by atoms with Crippen LogP contribution in [0.5, 0.6) is 0 Å². The van der Waals surface area contributed by atoms with Gasteiger partial charge in [0.05, 0.1) is 0 Å². The van der Waals surface area contributed by atoms with E-state index in [2.05, 4.69) is 41.3 Å². The van der Waals surface area contributed by atoms with Gasteiger partial charge in [0.1, 0.15) is 6.33 Å². The third-order valence-corrected chi connectivity index (χ3v) is 2.95. The zero-order valence-corrected chi connectivity index (χ0v) is 11.1. The molecule has 0 aromatic carbocycles. The summed E-state index contributed by atoms with van der Waals surface area (Å²) in [6, 6.07) is 0.